The van der Waals surface area contributed by atoms with Crippen LogP contribution in [-0.4, -0.2) is 50.2 Å². The molecule has 0 unspecified atom stereocenters. The minimum atomic E-state index is -0.000767. The Hall–Kier alpha value is -2.28. The van der Waals surface area contributed by atoms with Crippen molar-refractivity contribution >= 4 is 5.91 Å². The SMILES string of the molecule is C[C@@H](Cn1cncn1)NC(=O)CN(C)Cc1ccncc1. The van der Waals surface area contributed by atoms with Crippen molar-refractivity contribution in [1.82, 2.24) is 30.0 Å². The number of carbonyl (C=O) groups is 1. The Labute approximate surface area is 124 Å². The van der Waals surface area contributed by atoms with E-state index in [9.17, 15) is 4.79 Å². The number of nitrogens with zero attached hydrogens (tertiary/aromatic N) is 5. The summed E-state index contributed by atoms with van der Waals surface area (Å²) in [6, 6.07) is 3.90. The second kappa shape index (κ2) is 7.49. The molecule has 2 aromatic rings. The first kappa shape index (κ1) is 15.1. The molecule has 2 aromatic heterocycles. The number of hydrogen-bond donors (Lipinski definition) is 1. The summed E-state index contributed by atoms with van der Waals surface area (Å²) in [5, 5.41) is 6.97. The van der Waals surface area contributed by atoms with Crippen LogP contribution >= 0.6 is 0 Å². The molecule has 0 fully saturated rings. The van der Waals surface area contributed by atoms with Gasteiger partial charge in [-0.15, -0.1) is 0 Å². The van der Waals surface area contributed by atoms with Crippen LogP contribution in [0.25, 0.3) is 0 Å². The van der Waals surface area contributed by atoms with E-state index in [4.69, 9.17) is 0 Å². The first-order valence-corrected chi connectivity index (χ1v) is 6.82. The minimum absolute atomic E-state index is 0.000767. The maximum absolute atomic E-state index is 12.0. The molecule has 0 aliphatic rings. The summed E-state index contributed by atoms with van der Waals surface area (Å²) in [5.74, 6) is -0.000767. The molecule has 0 radical (unpaired) electrons. The topological polar surface area (TPSA) is 75.9 Å². The van der Waals surface area contributed by atoms with E-state index < -0.39 is 0 Å². The number of nitrogens with one attached hydrogen (secondary N) is 1. The first-order chi connectivity index (χ1) is 10.1. The zero-order valence-electron chi connectivity index (χ0n) is 12.3. The van der Waals surface area contributed by atoms with Crippen LogP contribution in [0.15, 0.2) is 37.2 Å². The van der Waals surface area contributed by atoms with Crippen molar-refractivity contribution < 1.29 is 4.79 Å². The van der Waals surface area contributed by atoms with Crippen LogP contribution in [0, 0.1) is 0 Å². The lowest BCUT2D eigenvalue weighted by Gasteiger charge is -2.19. The molecule has 21 heavy (non-hydrogen) atoms. The molecule has 2 rings (SSSR count). The van der Waals surface area contributed by atoms with Gasteiger partial charge < -0.3 is 5.32 Å². The lowest BCUT2D eigenvalue weighted by molar-refractivity contribution is -0.122. The van der Waals surface area contributed by atoms with Crippen LogP contribution < -0.4 is 5.32 Å². The van der Waals surface area contributed by atoms with Crippen molar-refractivity contribution in [1.29, 1.82) is 0 Å². The van der Waals surface area contributed by atoms with E-state index in [1.54, 1.807) is 23.4 Å². The molecule has 0 aliphatic carbocycles. The molecule has 0 bridgehead atoms. The third kappa shape index (κ3) is 5.31. The third-order valence-electron chi connectivity index (χ3n) is 2.95. The molecule has 0 aliphatic heterocycles. The van der Waals surface area contributed by atoms with Gasteiger partial charge in [0.05, 0.1) is 13.1 Å². The van der Waals surface area contributed by atoms with E-state index in [2.05, 4.69) is 20.4 Å². The monoisotopic (exact) mass is 288 g/mol. The van der Waals surface area contributed by atoms with Gasteiger partial charge in [-0.05, 0) is 31.7 Å². The number of rotatable bonds is 7. The Morgan fingerprint density at radius 1 is 1.38 bits per heavy atom. The summed E-state index contributed by atoms with van der Waals surface area (Å²) < 4.78 is 1.70. The second-order valence-corrected chi connectivity index (χ2v) is 5.11. The molecule has 0 saturated carbocycles. The Kier molecular flexibility index (Phi) is 5.39. The quantitative estimate of drug-likeness (QED) is 0.793. The van der Waals surface area contributed by atoms with Gasteiger partial charge in [-0.1, -0.05) is 0 Å². The highest BCUT2D eigenvalue weighted by molar-refractivity contribution is 5.78. The molecule has 1 amide bonds. The van der Waals surface area contributed by atoms with E-state index in [1.165, 1.54) is 6.33 Å². The van der Waals surface area contributed by atoms with Gasteiger partial charge in [0.25, 0.3) is 0 Å². The average molecular weight is 288 g/mol. The average Bonchev–Trinajstić information content (AvgIpc) is 2.91. The summed E-state index contributed by atoms with van der Waals surface area (Å²) >= 11 is 0. The molecule has 2 heterocycles. The minimum Gasteiger partial charge on any atom is -0.351 e. The predicted octanol–water partition coefficient (Wildman–Crippen LogP) is 0.310. The lowest BCUT2D eigenvalue weighted by Crippen LogP contribution is -2.41. The summed E-state index contributed by atoms with van der Waals surface area (Å²) in [6.07, 6.45) is 6.63. The van der Waals surface area contributed by atoms with E-state index in [0.717, 1.165) is 5.56 Å². The van der Waals surface area contributed by atoms with Crippen molar-refractivity contribution in [3.05, 3.63) is 42.7 Å². The van der Waals surface area contributed by atoms with Crippen molar-refractivity contribution in [2.75, 3.05) is 13.6 Å². The zero-order valence-corrected chi connectivity index (χ0v) is 12.3. The molecule has 7 heteroatoms. The summed E-state index contributed by atoms with van der Waals surface area (Å²) in [6.45, 7) is 3.62. The third-order valence-corrected chi connectivity index (χ3v) is 2.95. The molecule has 0 saturated heterocycles. The summed E-state index contributed by atoms with van der Waals surface area (Å²) in [5.41, 5.74) is 1.14. The summed E-state index contributed by atoms with van der Waals surface area (Å²) in [4.78, 5) is 21.8. The van der Waals surface area contributed by atoms with Gasteiger partial charge in [0.2, 0.25) is 5.91 Å². The number of pyridine rings is 1. The number of amides is 1. The van der Waals surface area contributed by atoms with Crippen LogP contribution in [0.5, 0.6) is 0 Å². The largest absolute Gasteiger partial charge is 0.351 e. The molecule has 112 valence electrons. The Bertz CT molecular complexity index is 542. The van der Waals surface area contributed by atoms with Crippen molar-refractivity contribution in [2.45, 2.75) is 26.1 Å². The predicted molar refractivity (Wildman–Crippen MR) is 78.2 cm³/mol. The number of likely N-dealkylation sites (N-methyl/N-ethyl adjacent to an activating group) is 1. The lowest BCUT2D eigenvalue weighted by atomic mass is 10.2. The smallest absolute Gasteiger partial charge is 0.234 e. The number of aromatic nitrogens is 4. The van der Waals surface area contributed by atoms with Gasteiger partial charge in [-0.3, -0.25) is 19.4 Å². The maximum atomic E-state index is 12.0. The highest BCUT2D eigenvalue weighted by atomic mass is 16.2. The Morgan fingerprint density at radius 3 is 2.81 bits per heavy atom. The van der Waals surface area contributed by atoms with Crippen LogP contribution in [0.2, 0.25) is 0 Å². The fourth-order valence-corrected chi connectivity index (χ4v) is 2.07. The molecule has 0 aromatic carbocycles. The van der Waals surface area contributed by atoms with Crippen LogP contribution in [-0.2, 0) is 17.9 Å². The van der Waals surface area contributed by atoms with Gasteiger partial charge in [-0.25, -0.2) is 4.98 Å². The van der Waals surface area contributed by atoms with Gasteiger partial charge in [0.15, 0.2) is 0 Å². The van der Waals surface area contributed by atoms with Gasteiger partial charge >= 0.3 is 0 Å². The fourth-order valence-electron chi connectivity index (χ4n) is 2.07. The van der Waals surface area contributed by atoms with E-state index >= 15 is 0 Å². The second-order valence-electron chi connectivity index (χ2n) is 5.11. The Morgan fingerprint density at radius 2 is 2.14 bits per heavy atom. The zero-order chi connectivity index (χ0) is 15.1. The Balaban J connectivity index is 1.73. The molecular formula is C14H20N6O. The van der Waals surface area contributed by atoms with Gasteiger partial charge in [-0.2, -0.15) is 5.10 Å². The van der Waals surface area contributed by atoms with Crippen LogP contribution in [0.3, 0.4) is 0 Å². The van der Waals surface area contributed by atoms with Crippen molar-refractivity contribution in [3.8, 4) is 0 Å². The van der Waals surface area contributed by atoms with Crippen molar-refractivity contribution in [3.63, 3.8) is 0 Å². The van der Waals surface area contributed by atoms with Crippen molar-refractivity contribution in [2.24, 2.45) is 0 Å². The highest BCUT2D eigenvalue weighted by Crippen LogP contribution is 2.00. The molecule has 7 nitrogen and oxygen atoms in total. The highest BCUT2D eigenvalue weighted by Gasteiger charge is 2.11. The molecule has 1 atom stereocenters. The number of hydrogen-bond acceptors (Lipinski definition) is 5. The van der Waals surface area contributed by atoms with Gasteiger partial charge in [0.1, 0.15) is 12.7 Å². The van der Waals surface area contributed by atoms with E-state index in [-0.39, 0.29) is 11.9 Å². The summed E-state index contributed by atoms with van der Waals surface area (Å²) in [7, 11) is 1.92. The molecule has 0 spiro atoms. The van der Waals surface area contributed by atoms with Crippen LogP contribution in [0.4, 0.5) is 0 Å². The van der Waals surface area contributed by atoms with E-state index in [0.29, 0.717) is 19.6 Å². The van der Waals surface area contributed by atoms with E-state index in [1.807, 2.05) is 31.0 Å². The maximum Gasteiger partial charge on any atom is 0.234 e. The normalized spacial score (nSPS) is 12.3. The molecular weight excluding hydrogens is 268 g/mol. The fraction of sp³-hybridized carbons (Fsp3) is 0.429. The van der Waals surface area contributed by atoms with Crippen LogP contribution in [0.1, 0.15) is 12.5 Å². The standard InChI is InChI=1S/C14H20N6O/c1-12(7-20-11-16-10-17-20)18-14(21)9-19(2)8-13-3-5-15-6-4-13/h3-6,10-12H,7-9H2,1-2H3,(H,18,21)/t12-/m0/s1. The number of carbonyl (C=O) groups excluding carboxylic acids is 1. The molecule has 1 N–H and O–H groups in total. The van der Waals surface area contributed by atoms with Gasteiger partial charge in [0, 0.05) is 25.0 Å². The first-order valence-electron chi connectivity index (χ1n) is 6.82.